The highest BCUT2D eigenvalue weighted by molar-refractivity contribution is 5.96. The minimum Gasteiger partial charge on any atom is -0.480 e. The van der Waals surface area contributed by atoms with Crippen molar-refractivity contribution >= 4 is 40.5 Å². The Bertz CT molecular complexity index is 1370. The van der Waals surface area contributed by atoms with Gasteiger partial charge in [-0.05, 0) is 31.0 Å². The van der Waals surface area contributed by atoms with Crippen LogP contribution in [0.1, 0.15) is 36.9 Å². The van der Waals surface area contributed by atoms with Crippen molar-refractivity contribution in [2.75, 3.05) is 6.54 Å². The standard InChI is InChI=1S/C27H37N9O6/c28-8-4-3-6-18(29)24(38)34-21(11-23(30)37)26(40)35-20(10-16-13-31-14-33-16)25(39)36-22(27(41)42)9-15-12-32-19-7-2-1-5-17(15)19/h1-2,5,7,12-14,18,20-22,32H,3-4,6,8-11,28-29H2,(H2,30,37)(H,31,33)(H,34,38)(H,35,40)(H,36,39)(H,41,42). The molecule has 0 aliphatic rings. The number of fused-ring (bicyclic) bond motifs is 1. The summed E-state index contributed by atoms with van der Waals surface area (Å²) >= 11 is 0. The fourth-order valence-corrected chi connectivity index (χ4v) is 4.42. The highest BCUT2D eigenvalue weighted by atomic mass is 16.4. The third-order valence-electron chi connectivity index (χ3n) is 6.67. The van der Waals surface area contributed by atoms with Crippen molar-refractivity contribution in [2.45, 2.75) is 62.7 Å². The zero-order valence-electron chi connectivity index (χ0n) is 23.0. The third-order valence-corrected chi connectivity index (χ3v) is 6.67. The molecule has 0 spiro atoms. The maximum atomic E-state index is 13.4. The lowest BCUT2D eigenvalue weighted by Gasteiger charge is -2.24. The number of hydrogen-bond donors (Lipinski definition) is 9. The molecule has 0 saturated heterocycles. The minimum absolute atomic E-state index is 0.0296. The summed E-state index contributed by atoms with van der Waals surface area (Å²) in [6, 6.07) is 2.33. The van der Waals surface area contributed by atoms with Gasteiger partial charge in [-0.25, -0.2) is 9.78 Å². The zero-order valence-corrected chi connectivity index (χ0v) is 23.0. The van der Waals surface area contributed by atoms with Crippen LogP contribution in [0.2, 0.25) is 0 Å². The van der Waals surface area contributed by atoms with Crippen LogP contribution in [0, 0.1) is 0 Å². The molecule has 3 rings (SSSR count). The van der Waals surface area contributed by atoms with Gasteiger partial charge in [0, 0.05) is 41.8 Å². The molecule has 4 unspecified atom stereocenters. The minimum atomic E-state index is -1.42. The molecule has 2 heterocycles. The monoisotopic (exact) mass is 583 g/mol. The largest absolute Gasteiger partial charge is 0.480 e. The number of carboxylic acids is 1. The number of carboxylic acid groups (broad SMARTS) is 1. The van der Waals surface area contributed by atoms with E-state index in [4.69, 9.17) is 17.2 Å². The first-order valence-corrected chi connectivity index (χ1v) is 13.5. The first kappa shape index (κ1) is 31.8. The zero-order chi connectivity index (χ0) is 30.6. The molecule has 0 saturated carbocycles. The molecule has 1 aromatic carbocycles. The van der Waals surface area contributed by atoms with Gasteiger partial charge in [-0.15, -0.1) is 0 Å². The lowest BCUT2D eigenvalue weighted by Crippen LogP contribution is -2.58. The summed E-state index contributed by atoms with van der Waals surface area (Å²) < 4.78 is 0. The van der Waals surface area contributed by atoms with Crippen molar-refractivity contribution in [3.63, 3.8) is 0 Å². The van der Waals surface area contributed by atoms with Crippen LogP contribution in [0.5, 0.6) is 0 Å². The van der Waals surface area contributed by atoms with Crippen LogP contribution < -0.4 is 33.2 Å². The number of rotatable bonds is 17. The number of amides is 4. The Morgan fingerprint density at radius 3 is 2.26 bits per heavy atom. The fourth-order valence-electron chi connectivity index (χ4n) is 4.42. The summed E-state index contributed by atoms with van der Waals surface area (Å²) in [5.41, 5.74) is 18.7. The van der Waals surface area contributed by atoms with Crippen molar-refractivity contribution < 1.29 is 29.1 Å². The number of nitrogens with one attached hydrogen (secondary N) is 5. The lowest BCUT2D eigenvalue weighted by atomic mass is 10.0. The van der Waals surface area contributed by atoms with E-state index >= 15 is 0 Å². The molecule has 0 aliphatic heterocycles. The van der Waals surface area contributed by atoms with E-state index in [1.54, 1.807) is 6.20 Å². The number of aromatic nitrogens is 3. The molecular formula is C27H37N9O6. The van der Waals surface area contributed by atoms with Gasteiger partial charge < -0.3 is 48.2 Å². The molecule has 42 heavy (non-hydrogen) atoms. The molecular weight excluding hydrogens is 546 g/mol. The number of H-pyrrole nitrogens is 2. The van der Waals surface area contributed by atoms with E-state index in [0.29, 0.717) is 37.1 Å². The van der Waals surface area contributed by atoms with E-state index < -0.39 is 60.2 Å². The predicted molar refractivity (Wildman–Crippen MR) is 152 cm³/mol. The molecule has 4 atom stereocenters. The highest BCUT2D eigenvalue weighted by Gasteiger charge is 2.32. The number of aromatic amines is 2. The average Bonchev–Trinajstić information content (AvgIpc) is 3.61. The van der Waals surface area contributed by atoms with Crippen LogP contribution in [-0.2, 0) is 36.8 Å². The summed E-state index contributed by atoms with van der Waals surface area (Å²) in [6.45, 7) is 0.436. The van der Waals surface area contributed by atoms with Gasteiger partial charge in [0.05, 0.1) is 18.8 Å². The SMILES string of the molecule is NCCCCC(N)C(=O)NC(CC(N)=O)C(=O)NC(Cc1cnc[nH]1)C(=O)NC(Cc1c[nH]c2ccccc12)C(=O)O. The fraction of sp³-hybridized carbons (Fsp3) is 0.407. The predicted octanol–water partition coefficient (Wildman–Crippen LogP) is -1.45. The molecule has 0 aliphatic carbocycles. The third kappa shape index (κ3) is 9.14. The number of nitrogens with two attached hydrogens (primary N) is 3. The molecule has 15 heteroatoms. The molecule has 2 aromatic heterocycles. The lowest BCUT2D eigenvalue weighted by molar-refractivity contribution is -0.142. The second-order valence-electron chi connectivity index (χ2n) is 9.93. The Balaban J connectivity index is 1.76. The van der Waals surface area contributed by atoms with Crippen LogP contribution in [-0.4, -0.2) is 80.4 Å². The van der Waals surface area contributed by atoms with Gasteiger partial charge in [0.1, 0.15) is 18.1 Å². The normalized spacial score (nSPS) is 14.0. The summed E-state index contributed by atoms with van der Waals surface area (Å²) in [6.07, 6.45) is 5.39. The van der Waals surface area contributed by atoms with E-state index in [2.05, 4.69) is 30.9 Å². The Hall–Kier alpha value is -4.76. The van der Waals surface area contributed by atoms with Crippen molar-refractivity contribution in [2.24, 2.45) is 17.2 Å². The molecule has 0 radical (unpaired) electrons. The number of unbranched alkanes of at least 4 members (excludes halogenated alkanes) is 1. The Kier molecular flexibility index (Phi) is 11.6. The number of primary amides is 1. The summed E-state index contributed by atoms with van der Waals surface area (Å²) in [5, 5.41) is 18.1. The number of carbonyl (C=O) groups is 5. The van der Waals surface area contributed by atoms with Gasteiger partial charge in [-0.3, -0.25) is 19.2 Å². The van der Waals surface area contributed by atoms with Crippen LogP contribution in [0.25, 0.3) is 10.9 Å². The van der Waals surface area contributed by atoms with Gasteiger partial charge in [-0.1, -0.05) is 24.6 Å². The smallest absolute Gasteiger partial charge is 0.326 e. The second kappa shape index (κ2) is 15.3. The maximum Gasteiger partial charge on any atom is 0.326 e. The maximum absolute atomic E-state index is 13.4. The van der Waals surface area contributed by atoms with Crippen LogP contribution in [0.4, 0.5) is 0 Å². The van der Waals surface area contributed by atoms with Gasteiger partial charge in [0.15, 0.2) is 0 Å². The van der Waals surface area contributed by atoms with Gasteiger partial charge >= 0.3 is 5.97 Å². The number of imidazole rings is 1. The van der Waals surface area contributed by atoms with E-state index in [9.17, 15) is 29.1 Å². The van der Waals surface area contributed by atoms with E-state index in [1.807, 2.05) is 24.3 Å². The molecule has 12 N–H and O–H groups in total. The van der Waals surface area contributed by atoms with Crippen LogP contribution >= 0.6 is 0 Å². The summed E-state index contributed by atoms with van der Waals surface area (Å²) in [4.78, 5) is 72.9. The van der Waals surface area contributed by atoms with E-state index in [0.717, 1.165) is 10.9 Å². The molecule has 15 nitrogen and oxygen atoms in total. The Morgan fingerprint density at radius 2 is 1.60 bits per heavy atom. The van der Waals surface area contributed by atoms with Gasteiger partial charge in [0.2, 0.25) is 23.6 Å². The number of hydrogen-bond acceptors (Lipinski definition) is 8. The Morgan fingerprint density at radius 1 is 0.905 bits per heavy atom. The molecule has 4 amide bonds. The van der Waals surface area contributed by atoms with E-state index in [-0.39, 0.29) is 12.8 Å². The van der Waals surface area contributed by atoms with Crippen molar-refractivity contribution in [3.8, 4) is 0 Å². The summed E-state index contributed by atoms with van der Waals surface area (Å²) in [5.74, 6) is -4.49. The summed E-state index contributed by atoms with van der Waals surface area (Å²) in [7, 11) is 0. The number of benzene rings is 1. The average molecular weight is 584 g/mol. The number of para-hydroxylation sites is 1. The molecule has 3 aromatic rings. The number of nitrogens with zero attached hydrogens (tertiary/aromatic N) is 1. The number of aliphatic carboxylic acids is 1. The van der Waals surface area contributed by atoms with Crippen molar-refractivity contribution in [3.05, 3.63) is 54.2 Å². The highest BCUT2D eigenvalue weighted by Crippen LogP contribution is 2.19. The second-order valence-corrected chi connectivity index (χ2v) is 9.93. The topological polar surface area (TPSA) is 264 Å². The van der Waals surface area contributed by atoms with E-state index in [1.165, 1.54) is 12.5 Å². The van der Waals surface area contributed by atoms with Gasteiger partial charge in [0.25, 0.3) is 0 Å². The quantitative estimate of drug-likeness (QED) is 0.0840. The number of carbonyl (C=O) groups excluding carboxylic acids is 4. The van der Waals surface area contributed by atoms with Crippen molar-refractivity contribution in [1.82, 2.24) is 30.9 Å². The Labute approximate surface area is 241 Å². The molecule has 0 bridgehead atoms. The van der Waals surface area contributed by atoms with Crippen LogP contribution in [0.3, 0.4) is 0 Å². The van der Waals surface area contributed by atoms with Gasteiger partial charge in [-0.2, -0.15) is 0 Å². The molecule has 0 fully saturated rings. The van der Waals surface area contributed by atoms with Crippen LogP contribution in [0.15, 0.2) is 43.0 Å². The van der Waals surface area contributed by atoms with Crippen molar-refractivity contribution in [1.29, 1.82) is 0 Å². The first-order chi connectivity index (χ1) is 20.1. The first-order valence-electron chi connectivity index (χ1n) is 13.5. The molecule has 226 valence electrons.